The van der Waals surface area contributed by atoms with Gasteiger partial charge in [0.1, 0.15) is 12.3 Å². The second-order valence-electron chi connectivity index (χ2n) is 6.35. The summed E-state index contributed by atoms with van der Waals surface area (Å²) in [6, 6.07) is 6.65. The fraction of sp³-hybridized carbons (Fsp3) is 0.556. The first-order valence-electron chi connectivity index (χ1n) is 8.83. The number of carbonyl (C=O) groups excluding carboxylic acids is 2. The molecule has 0 N–H and O–H groups in total. The van der Waals surface area contributed by atoms with Crippen LogP contribution in [0, 0.1) is 5.92 Å². The molecule has 0 atom stereocenters. The first kappa shape index (κ1) is 21.0. The molecule has 8 nitrogen and oxygen atoms in total. The minimum Gasteiger partial charge on any atom is -0.495 e. The Balaban J connectivity index is 2.09. The molecule has 0 saturated carbocycles. The van der Waals surface area contributed by atoms with Crippen molar-refractivity contribution in [1.82, 2.24) is 4.90 Å². The van der Waals surface area contributed by atoms with Crippen molar-refractivity contribution >= 4 is 27.6 Å². The van der Waals surface area contributed by atoms with Crippen molar-refractivity contribution in [1.29, 1.82) is 0 Å². The summed E-state index contributed by atoms with van der Waals surface area (Å²) < 4.78 is 35.8. The standard InChI is InChI=1S/C18H26N2O6S/c1-4-26-18(22)14-9-11-19(12-10-14)17(21)13-20(27(3,23)24)15-7-5-6-8-16(15)25-2/h5-8,14H,4,9-13H2,1-3H3. The number of methoxy groups -OCH3 is 1. The highest BCUT2D eigenvalue weighted by Gasteiger charge is 2.31. The maximum Gasteiger partial charge on any atom is 0.309 e. The highest BCUT2D eigenvalue weighted by molar-refractivity contribution is 7.92. The predicted octanol–water partition coefficient (Wildman–Crippen LogP) is 1.26. The first-order chi connectivity index (χ1) is 12.8. The van der Waals surface area contributed by atoms with Crippen LogP contribution in [0.5, 0.6) is 5.75 Å². The molecule has 1 aromatic rings. The summed E-state index contributed by atoms with van der Waals surface area (Å²) in [6.07, 6.45) is 2.08. The van der Waals surface area contributed by atoms with Gasteiger partial charge >= 0.3 is 5.97 Å². The Morgan fingerprint density at radius 1 is 1.22 bits per heavy atom. The van der Waals surface area contributed by atoms with E-state index >= 15 is 0 Å². The van der Waals surface area contributed by atoms with Gasteiger partial charge in [-0.05, 0) is 31.9 Å². The van der Waals surface area contributed by atoms with E-state index < -0.39 is 10.0 Å². The van der Waals surface area contributed by atoms with Gasteiger partial charge in [0.05, 0.1) is 31.6 Å². The van der Waals surface area contributed by atoms with Gasteiger partial charge in [0.15, 0.2) is 0 Å². The molecule has 2 rings (SSSR count). The van der Waals surface area contributed by atoms with Crippen LogP contribution in [0.4, 0.5) is 5.69 Å². The van der Waals surface area contributed by atoms with Gasteiger partial charge in [-0.15, -0.1) is 0 Å². The van der Waals surface area contributed by atoms with E-state index in [2.05, 4.69) is 0 Å². The monoisotopic (exact) mass is 398 g/mol. The lowest BCUT2D eigenvalue weighted by molar-refractivity contribution is -0.151. The van der Waals surface area contributed by atoms with Gasteiger partial charge in [-0.3, -0.25) is 13.9 Å². The first-order valence-corrected chi connectivity index (χ1v) is 10.7. The van der Waals surface area contributed by atoms with Crippen LogP contribution >= 0.6 is 0 Å². The highest BCUT2D eigenvalue weighted by Crippen LogP contribution is 2.29. The number of para-hydroxylation sites is 2. The zero-order valence-corrected chi connectivity index (χ0v) is 16.7. The number of benzene rings is 1. The highest BCUT2D eigenvalue weighted by atomic mass is 32.2. The predicted molar refractivity (Wildman–Crippen MR) is 101 cm³/mol. The van der Waals surface area contributed by atoms with E-state index in [4.69, 9.17) is 9.47 Å². The van der Waals surface area contributed by atoms with Gasteiger partial charge in [-0.1, -0.05) is 12.1 Å². The summed E-state index contributed by atoms with van der Waals surface area (Å²) in [7, 11) is -2.24. The molecule has 1 saturated heterocycles. The van der Waals surface area contributed by atoms with E-state index in [1.807, 2.05) is 0 Å². The largest absolute Gasteiger partial charge is 0.495 e. The number of likely N-dealkylation sites (tertiary alicyclic amines) is 1. The number of amides is 1. The average molecular weight is 398 g/mol. The fourth-order valence-electron chi connectivity index (χ4n) is 3.06. The van der Waals surface area contributed by atoms with Crippen molar-refractivity contribution in [2.24, 2.45) is 5.92 Å². The van der Waals surface area contributed by atoms with E-state index in [1.165, 1.54) is 7.11 Å². The molecule has 1 aliphatic rings. The Labute approximate surface area is 160 Å². The zero-order chi connectivity index (χ0) is 20.0. The van der Waals surface area contributed by atoms with Crippen LogP contribution in [-0.4, -0.2) is 64.8 Å². The SMILES string of the molecule is CCOC(=O)C1CCN(C(=O)CN(c2ccccc2OC)S(C)(=O)=O)CC1. The van der Waals surface area contributed by atoms with E-state index in [9.17, 15) is 18.0 Å². The second kappa shape index (κ2) is 9.07. The Kier molecular flexibility index (Phi) is 7.06. The second-order valence-corrected chi connectivity index (χ2v) is 8.26. The van der Waals surface area contributed by atoms with Crippen LogP contribution < -0.4 is 9.04 Å². The molecule has 1 amide bonds. The summed E-state index contributed by atoms with van der Waals surface area (Å²) in [5.74, 6) is -0.393. The molecule has 0 aromatic heterocycles. The molecule has 1 fully saturated rings. The van der Waals surface area contributed by atoms with Crippen molar-refractivity contribution in [2.75, 3.05) is 43.9 Å². The normalized spacial score (nSPS) is 15.3. The van der Waals surface area contributed by atoms with E-state index in [-0.39, 0.29) is 24.3 Å². The Morgan fingerprint density at radius 3 is 2.41 bits per heavy atom. The number of hydrogen-bond donors (Lipinski definition) is 0. The maximum atomic E-state index is 12.7. The lowest BCUT2D eigenvalue weighted by atomic mass is 9.97. The summed E-state index contributed by atoms with van der Waals surface area (Å²) in [4.78, 5) is 26.1. The van der Waals surface area contributed by atoms with E-state index in [0.717, 1.165) is 10.6 Å². The number of rotatable bonds is 7. The lowest BCUT2D eigenvalue weighted by Gasteiger charge is -2.33. The van der Waals surface area contributed by atoms with Crippen molar-refractivity contribution in [2.45, 2.75) is 19.8 Å². The molecular formula is C18H26N2O6S. The van der Waals surface area contributed by atoms with Gasteiger partial charge in [0.2, 0.25) is 15.9 Å². The van der Waals surface area contributed by atoms with Gasteiger partial charge in [0, 0.05) is 13.1 Å². The molecule has 1 aromatic carbocycles. The van der Waals surface area contributed by atoms with Crippen molar-refractivity contribution < 1.29 is 27.5 Å². The Bertz CT molecular complexity index is 772. The fourth-order valence-corrected chi connectivity index (χ4v) is 3.92. The molecule has 0 radical (unpaired) electrons. The third-order valence-electron chi connectivity index (χ3n) is 4.50. The molecule has 27 heavy (non-hydrogen) atoms. The minimum absolute atomic E-state index is 0.214. The third-order valence-corrected chi connectivity index (χ3v) is 5.63. The van der Waals surface area contributed by atoms with E-state index in [1.54, 1.807) is 36.1 Å². The number of carbonyl (C=O) groups is 2. The molecule has 0 bridgehead atoms. The summed E-state index contributed by atoms with van der Waals surface area (Å²) in [5.41, 5.74) is 0.317. The molecule has 0 unspecified atom stereocenters. The Morgan fingerprint density at radius 2 is 1.85 bits per heavy atom. The number of sulfonamides is 1. The number of nitrogens with zero attached hydrogens (tertiary/aromatic N) is 2. The number of anilines is 1. The van der Waals surface area contributed by atoms with Gasteiger partial charge < -0.3 is 14.4 Å². The van der Waals surface area contributed by atoms with Crippen LogP contribution in [0.2, 0.25) is 0 Å². The van der Waals surface area contributed by atoms with Crippen LogP contribution in [0.1, 0.15) is 19.8 Å². The van der Waals surface area contributed by atoms with Crippen LogP contribution in [0.3, 0.4) is 0 Å². The number of esters is 1. The number of hydrogen-bond acceptors (Lipinski definition) is 6. The van der Waals surface area contributed by atoms with Gasteiger partial charge in [0.25, 0.3) is 0 Å². The Hall–Kier alpha value is -2.29. The smallest absolute Gasteiger partial charge is 0.309 e. The van der Waals surface area contributed by atoms with Gasteiger partial charge in [-0.25, -0.2) is 8.42 Å². The molecular weight excluding hydrogens is 372 g/mol. The number of piperidine rings is 1. The molecule has 9 heteroatoms. The summed E-state index contributed by atoms with van der Waals surface area (Å²) in [6.45, 7) is 2.56. The lowest BCUT2D eigenvalue weighted by Crippen LogP contribution is -2.46. The maximum absolute atomic E-state index is 12.7. The molecule has 1 aliphatic heterocycles. The number of ether oxygens (including phenoxy) is 2. The zero-order valence-electron chi connectivity index (χ0n) is 15.9. The van der Waals surface area contributed by atoms with Gasteiger partial charge in [-0.2, -0.15) is 0 Å². The summed E-state index contributed by atoms with van der Waals surface area (Å²) >= 11 is 0. The topological polar surface area (TPSA) is 93.2 Å². The third kappa shape index (κ3) is 5.35. The van der Waals surface area contributed by atoms with Crippen LogP contribution in [0.15, 0.2) is 24.3 Å². The van der Waals surface area contributed by atoms with E-state index in [0.29, 0.717) is 44.0 Å². The van der Waals surface area contributed by atoms with Crippen molar-refractivity contribution in [3.05, 3.63) is 24.3 Å². The van der Waals surface area contributed by atoms with Crippen molar-refractivity contribution in [3.8, 4) is 5.75 Å². The molecule has 0 aliphatic carbocycles. The quantitative estimate of drug-likeness (QED) is 0.642. The molecule has 0 spiro atoms. The van der Waals surface area contributed by atoms with Crippen molar-refractivity contribution in [3.63, 3.8) is 0 Å². The average Bonchev–Trinajstić information content (AvgIpc) is 2.65. The van der Waals surface area contributed by atoms with Crippen LogP contribution in [0.25, 0.3) is 0 Å². The minimum atomic E-state index is -3.68. The summed E-state index contributed by atoms with van der Waals surface area (Å²) in [5, 5.41) is 0. The molecule has 150 valence electrons. The van der Waals surface area contributed by atoms with Crippen LogP contribution in [-0.2, 0) is 24.3 Å². The molecule has 1 heterocycles.